The number of aromatic hydroxyl groups is 2. The van der Waals surface area contributed by atoms with Crippen LogP contribution in [0.3, 0.4) is 0 Å². The van der Waals surface area contributed by atoms with E-state index < -0.39 is 54.0 Å². The lowest BCUT2D eigenvalue weighted by atomic mass is 10.0. The Morgan fingerprint density at radius 1 is 0.651 bits per heavy atom. The molecule has 0 spiro atoms. The van der Waals surface area contributed by atoms with Gasteiger partial charge in [-0.2, -0.15) is 0 Å². The third-order valence-electron chi connectivity index (χ3n) is 6.70. The topological polar surface area (TPSA) is 211 Å². The number of phenols is 2. The Kier molecular flexibility index (Phi) is 11.6. The van der Waals surface area contributed by atoms with E-state index in [1.54, 1.807) is 42.5 Å². The number of amides is 3. The van der Waals surface area contributed by atoms with Crippen LogP contribution in [-0.4, -0.2) is 74.4 Å². The minimum absolute atomic E-state index is 0.00463. The quantitative estimate of drug-likeness (QED) is 0.130. The molecule has 0 radical (unpaired) electrons. The summed E-state index contributed by atoms with van der Waals surface area (Å²) in [5.74, 6) is -3.65. The van der Waals surface area contributed by atoms with E-state index in [0.29, 0.717) is 16.7 Å². The summed E-state index contributed by atoms with van der Waals surface area (Å²) in [5.41, 5.74) is 8.02. The summed E-state index contributed by atoms with van der Waals surface area (Å²) in [7, 11) is 0. The van der Waals surface area contributed by atoms with Gasteiger partial charge >= 0.3 is 5.97 Å². The van der Waals surface area contributed by atoms with Crippen LogP contribution < -0.4 is 21.7 Å². The van der Waals surface area contributed by atoms with Crippen LogP contribution >= 0.6 is 0 Å². The fourth-order valence-electron chi connectivity index (χ4n) is 4.30. The molecule has 12 nitrogen and oxygen atoms in total. The van der Waals surface area contributed by atoms with Gasteiger partial charge in [0.25, 0.3) is 0 Å². The second-order valence-corrected chi connectivity index (χ2v) is 10.2. The van der Waals surface area contributed by atoms with E-state index in [1.165, 1.54) is 43.3 Å². The summed E-state index contributed by atoms with van der Waals surface area (Å²) >= 11 is 0. The maximum Gasteiger partial charge on any atom is 0.326 e. The van der Waals surface area contributed by atoms with Crippen molar-refractivity contribution in [1.82, 2.24) is 16.0 Å². The molecule has 0 saturated carbocycles. The first-order chi connectivity index (χ1) is 20.4. The number of aliphatic carboxylic acids is 1. The van der Waals surface area contributed by atoms with Crippen LogP contribution in [0.15, 0.2) is 78.9 Å². The number of phenolic OH excluding ortho intramolecular Hbond substituents is 2. The second kappa shape index (κ2) is 15.3. The molecule has 9 N–H and O–H groups in total. The number of benzene rings is 3. The maximum absolute atomic E-state index is 13.4. The van der Waals surface area contributed by atoms with Gasteiger partial charge < -0.3 is 42.1 Å². The Balaban J connectivity index is 1.73. The van der Waals surface area contributed by atoms with Gasteiger partial charge in [0.15, 0.2) is 0 Å². The Morgan fingerprint density at radius 2 is 1.12 bits per heavy atom. The molecular weight excluding hydrogens is 556 g/mol. The maximum atomic E-state index is 13.4. The number of hydrogen-bond acceptors (Lipinski definition) is 8. The van der Waals surface area contributed by atoms with Crippen LogP contribution in [0.25, 0.3) is 0 Å². The lowest BCUT2D eigenvalue weighted by Crippen LogP contribution is -2.60. The van der Waals surface area contributed by atoms with Crippen molar-refractivity contribution in [2.45, 2.75) is 56.5 Å². The number of carboxylic acids is 1. The average molecular weight is 593 g/mol. The Morgan fingerprint density at radius 3 is 1.63 bits per heavy atom. The normalized spacial score (nSPS) is 14.4. The summed E-state index contributed by atoms with van der Waals surface area (Å²) < 4.78 is 0. The number of carbonyl (C=O) groups is 4. The predicted molar refractivity (Wildman–Crippen MR) is 157 cm³/mol. The molecule has 0 bridgehead atoms. The number of carbonyl (C=O) groups excluding carboxylic acids is 3. The number of nitrogens with one attached hydrogen (secondary N) is 3. The van der Waals surface area contributed by atoms with Crippen molar-refractivity contribution in [2.24, 2.45) is 5.73 Å². The van der Waals surface area contributed by atoms with Gasteiger partial charge in [-0.25, -0.2) is 4.79 Å². The molecule has 5 atom stereocenters. The number of aliphatic hydroxyl groups is 1. The highest BCUT2D eigenvalue weighted by molar-refractivity contribution is 5.94. The monoisotopic (exact) mass is 592 g/mol. The summed E-state index contributed by atoms with van der Waals surface area (Å²) in [5, 5.41) is 46.4. The summed E-state index contributed by atoms with van der Waals surface area (Å²) in [6, 6.07) is 15.6. The molecule has 0 saturated heterocycles. The summed E-state index contributed by atoms with van der Waals surface area (Å²) in [4.78, 5) is 51.4. The molecule has 3 aromatic carbocycles. The van der Waals surface area contributed by atoms with E-state index in [-0.39, 0.29) is 30.8 Å². The molecule has 5 unspecified atom stereocenters. The number of carboxylic acid groups (broad SMARTS) is 1. The standard InChI is InChI=1S/C31H36N4O8/c1-18(36)27(30(41)34-26(31(42)43)17-21-9-13-23(38)14-10-21)35-29(40)25(16-19-5-3-2-4-6-19)33-28(39)24(32)15-20-7-11-22(37)12-8-20/h2-14,18,24-27,36-38H,15-17,32H2,1H3,(H,33,39)(H,34,41)(H,35,40)(H,42,43). The van der Waals surface area contributed by atoms with Gasteiger partial charge in [-0.1, -0.05) is 54.6 Å². The number of aliphatic hydroxyl groups excluding tert-OH is 1. The van der Waals surface area contributed by atoms with Crippen molar-refractivity contribution in [2.75, 3.05) is 0 Å². The molecule has 0 fully saturated rings. The van der Waals surface area contributed by atoms with E-state index in [1.807, 2.05) is 0 Å². The van der Waals surface area contributed by atoms with E-state index in [4.69, 9.17) is 5.73 Å². The van der Waals surface area contributed by atoms with Crippen LogP contribution in [0, 0.1) is 0 Å². The molecule has 0 aliphatic heterocycles. The molecule has 3 rings (SSSR count). The number of hydrogen-bond donors (Lipinski definition) is 8. The highest BCUT2D eigenvalue weighted by atomic mass is 16.4. The van der Waals surface area contributed by atoms with Gasteiger partial charge in [-0.05, 0) is 54.3 Å². The van der Waals surface area contributed by atoms with Gasteiger partial charge in [0.1, 0.15) is 29.6 Å². The minimum Gasteiger partial charge on any atom is -0.508 e. The summed E-state index contributed by atoms with van der Waals surface area (Å²) in [6.45, 7) is 1.26. The van der Waals surface area contributed by atoms with Gasteiger partial charge in [-0.3, -0.25) is 14.4 Å². The Bertz CT molecular complexity index is 1380. The molecule has 0 aliphatic carbocycles. The molecule has 0 aliphatic rings. The van der Waals surface area contributed by atoms with Gasteiger partial charge in [-0.15, -0.1) is 0 Å². The summed E-state index contributed by atoms with van der Waals surface area (Å²) in [6.07, 6.45) is -1.37. The SMILES string of the molecule is CC(O)C(NC(=O)C(Cc1ccccc1)NC(=O)C(N)Cc1ccc(O)cc1)C(=O)NC(Cc1ccc(O)cc1)C(=O)O. The fraction of sp³-hybridized carbons (Fsp3) is 0.290. The minimum atomic E-state index is -1.55. The van der Waals surface area contributed by atoms with Gasteiger partial charge in [0, 0.05) is 12.8 Å². The molecule has 3 aromatic rings. The molecule has 0 aromatic heterocycles. The van der Waals surface area contributed by atoms with Crippen molar-refractivity contribution in [3.63, 3.8) is 0 Å². The third-order valence-corrected chi connectivity index (χ3v) is 6.70. The average Bonchev–Trinajstić information content (AvgIpc) is 2.97. The van der Waals surface area contributed by atoms with Crippen molar-refractivity contribution in [1.29, 1.82) is 0 Å². The van der Waals surface area contributed by atoms with Crippen molar-refractivity contribution >= 4 is 23.7 Å². The molecule has 12 heteroatoms. The number of nitrogens with two attached hydrogens (primary N) is 1. The van der Waals surface area contributed by atoms with Crippen molar-refractivity contribution < 1.29 is 39.6 Å². The largest absolute Gasteiger partial charge is 0.508 e. The van der Waals surface area contributed by atoms with Crippen LogP contribution in [0.4, 0.5) is 0 Å². The van der Waals surface area contributed by atoms with Crippen LogP contribution in [0.5, 0.6) is 11.5 Å². The van der Waals surface area contributed by atoms with Crippen molar-refractivity contribution in [3.05, 3.63) is 95.6 Å². The first kappa shape index (κ1) is 32.6. The smallest absolute Gasteiger partial charge is 0.326 e. The lowest BCUT2D eigenvalue weighted by Gasteiger charge is -2.26. The fourth-order valence-corrected chi connectivity index (χ4v) is 4.30. The molecule has 0 heterocycles. The zero-order valence-electron chi connectivity index (χ0n) is 23.5. The first-order valence-corrected chi connectivity index (χ1v) is 13.6. The van der Waals surface area contributed by atoms with E-state index in [9.17, 15) is 39.6 Å². The van der Waals surface area contributed by atoms with Gasteiger partial charge in [0.05, 0.1) is 12.1 Å². The highest BCUT2D eigenvalue weighted by Crippen LogP contribution is 2.13. The first-order valence-electron chi connectivity index (χ1n) is 13.6. The second-order valence-electron chi connectivity index (χ2n) is 10.2. The molecule has 43 heavy (non-hydrogen) atoms. The van der Waals surface area contributed by atoms with E-state index >= 15 is 0 Å². The Labute approximate surface area is 248 Å². The van der Waals surface area contributed by atoms with Crippen LogP contribution in [0.1, 0.15) is 23.6 Å². The van der Waals surface area contributed by atoms with E-state index in [2.05, 4.69) is 16.0 Å². The van der Waals surface area contributed by atoms with E-state index in [0.717, 1.165) is 0 Å². The molecule has 3 amide bonds. The number of rotatable bonds is 14. The lowest BCUT2D eigenvalue weighted by molar-refractivity contribution is -0.143. The Hall–Kier alpha value is -4.94. The third kappa shape index (κ3) is 10.1. The zero-order valence-corrected chi connectivity index (χ0v) is 23.5. The molecule has 228 valence electrons. The van der Waals surface area contributed by atoms with Crippen LogP contribution in [0.2, 0.25) is 0 Å². The van der Waals surface area contributed by atoms with Gasteiger partial charge in [0.2, 0.25) is 17.7 Å². The zero-order chi connectivity index (χ0) is 31.5. The van der Waals surface area contributed by atoms with Crippen LogP contribution in [-0.2, 0) is 38.4 Å². The highest BCUT2D eigenvalue weighted by Gasteiger charge is 2.33. The predicted octanol–water partition coefficient (Wildman–Crippen LogP) is 0.373. The van der Waals surface area contributed by atoms with Crippen molar-refractivity contribution in [3.8, 4) is 11.5 Å². The molecular formula is C31H36N4O8.